The molecule has 0 heterocycles. The fourth-order valence-electron chi connectivity index (χ4n) is 2.37. The van der Waals surface area contributed by atoms with E-state index in [0.717, 1.165) is 25.8 Å². The normalized spacial score (nSPS) is 12.3. The van der Waals surface area contributed by atoms with E-state index in [9.17, 15) is 4.79 Å². The van der Waals surface area contributed by atoms with Gasteiger partial charge < -0.3 is 10.1 Å². The maximum atomic E-state index is 11.7. The molecule has 0 aliphatic heterocycles. The van der Waals surface area contributed by atoms with Crippen LogP contribution in [0.2, 0.25) is 0 Å². The van der Waals surface area contributed by atoms with E-state index in [4.69, 9.17) is 4.74 Å². The van der Waals surface area contributed by atoms with Crippen LogP contribution in [-0.4, -0.2) is 25.2 Å². The van der Waals surface area contributed by atoms with Crippen molar-refractivity contribution in [1.82, 2.24) is 5.32 Å². The molecule has 0 aliphatic rings. The molecule has 0 aromatic rings. The Balaban J connectivity index is 3.51. The monoisotopic (exact) mass is 285 g/mol. The smallest absolute Gasteiger partial charge is 0.323 e. The Hall–Kier alpha value is -0.570. The van der Waals surface area contributed by atoms with Crippen molar-refractivity contribution < 1.29 is 9.53 Å². The largest absolute Gasteiger partial charge is 0.465 e. The average molecular weight is 285 g/mol. The van der Waals surface area contributed by atoms with Crippen LogP contribution < -0.4 is 5.32 Å². The Morgan fingerprint density at radius 1 is 0.900 bits per heavy atom. The zero-order chi connectivity index (χ0) is 15.1. The molecule has 0 rings (SSSR count). The Morgan fingerprint density at radius 2 is 1.50 bits per heavy atom. The van der Waals surface area contributed by atoms with E-state index in [1.54, 1.807) is 0 Å². The molecule has 120 valence electrons. The summed E-state index contributed by atoms with van der Waals surface area (Å²) in [5.41, 5.74) is 0. The van der Waals surface area contributed by atoms with E-state index in [2.05, 4.69) is 19.2 Å². The van der Waals surface area contributed by atoms with Crippen LogP contribution in [0, 0.1) is 0 Å². The van der Waals surface area contributed by atoms with Gasteiger partial charge in [-0.1, -0.05) is 65.2 Å². The lowest BCUT2D eigenvalue weighted by atomic mass is 10.1. The van der Waals surface area contributed by atoms with Gasteiger partial charge in [-0.3, -0.25) is 4.79 Å². The summed E-state index contributed by atoms with van der Waals surface area (Å²) in [7, 11) is 0. The molecule has 0 spiro atoms. The van der Waals surface area contributed by atoms with Gasteiger partial charge in [0.05, 0.1) is 6.61 Å². The van der Waals surface area contributed by atoms with Crippen molar-refractivity contribution >= 4 is 5.97 Å². The number of nitrogens with one attached hydrogen (secondary N) is 1. The first-order valence-corrected chi connectivity index (χ1v) is 8.66. The van der Waals surface area contributed by atoms with E-state index >= 15 is 0 Å². The minimum atomic E-state index is -0.107. The van der Waals surface area contributed by atoms with E-state index in [1.807, 2.05) is 6.92 Å². The topological polar surface area (TPSA) is 38.3 Å². The molecule has 0 fully saturated rings. The zero-order valence-electron chi connectivity index (χ0n) is 13.9. The van der Waals surface area contributed by atoms with Crippen LogP contribution in [0.5, 0.6) is 0 Å². The van der Waals surface area contributed by atoms with Crippen molar-refractivity contribution in [3.63, 3.8) is 0 Å². The molecule has 3 heteroatoms. The minimum absolute atomic E-state index is 0.0890. The zero-order valence-corrected chi connectivity index (χ0v) is 13.9. The highest BCUT2D eigenvalue weighted by atomic mass is 16.5. The van der Waals surface area contributed by atoms with Crippen LogP contribution in [0.1, 0.15) is 85.0 Å². The summed E-state index contributed by atoms with van der Waals surface area (Å²) < 4.78 is 5.09. The Kier molecular flexibility index (Phi) is 14.4. The molecule has 0 aliphatic carbocycles. The first kappa shape index (κ1) is 19.4. The molecule has 0 bridgehead atoms. The summed E-state index contributed by atoms with van der Waals surface area (Å²) in [4.78, 5) is 11.7. The van der Waals surface area contributed by atoms with Crippen molar-refractivity contribution in [2.75, 3.05) is 13.2 Å². The summed E-state index contributed by atoms with van der Waals surface area (Å²) in [6.07, 6.45) is 12.4. The number of hydrogen-bond acceptors (Lipinski definition) is 3. The van der Waals surface area contributed by atoms with Gasteiger partial charge in [-0.15, -0.1) is 0 Å². The van der Waals surface area contributed by atoms with Gasteiger partial charge in [-0.05, 0) is 26.3 Å². The lowest BCUT2D eigenvalue weighted by Gasteiger charge is -2.16. The predicted molar refractivity (Wildman–Crippen MR) is 85.9 cm³/mol. The Bertz CT molecular complexity index is 219. The molecule has 3 nitrogen and oxygen atoms in total. The first-order chi connectivity index (χ1) is 9.76. The van der Waals surface area contributed by atoms with Crippen molar-refractivity contribution in [1.29, 1.82) is 0 Å². The summed E-state index contributed by atoms with van der Waals surface area (Å²) >= 11 is 0. The minimum Gasteiger partial charge on any atom is -0.465 e. The molecule has 0 amide bonds. The molecule has 0 radical (unpaired) electrons. The first-order valence-electron chi connectivity index (χ1n) is 8.66. The summed E-state index contributed by atoms with van der Waals surface area (Å²) in [5.74, 6) is -0.0890. The second-order valence-corrected chi connectivity index (χ2v) is 5.52. The van der Waals surface area contributed by atoms with Gasteiger partial charge in [0.25, 0.3) is 0 Å². The van der Waals surface area contributed by atoms with Gasteiger partial charge >= 0.3 is 5.97 Å². The molecule has 1 atom stereocenters. The van der Waals surface area contributed by atoms with Crippen LogP contribution in [0.4, 0.5) is 0 Å². The van der Waals surface area contributed by atoms with Gasteiger partial charge in [0, 0.05) is 0 Å². The second-order valence-electron chi connectivity index (χ2n) is 5.52. The highest BCUT2D eigenvalue weighted by Crippen LogP contribution is 2.08. The van der Waals surface area contributed by atoms with Crippen LogP contribution in [-0.2, 0) is 9.53 Å². The van der Waals surface area contributed by atoms with E-state index in [-0.39, 0.29) is 12.0 Å². The van der Waals surface area contributed by atoms with Crippen LogP contribution in [0.3, 0.4) is 0 Å². The lowest BCUT2D eigenvalue weighted by Crippen LogP contribution is -2.38. The molecular formula is C17H35NO2. The molecule has 0 saturated carbocycles. The molecule has 0 aromatic carbocycles. The quantitative estimate of drug-likeness (QED) is 0.378. The maximum absolute atomic E-state index is 11.7. The van der Waals surface area contributed by atoms with E-state index < -0.39 is 0 Å². The van der Waals surface area contributed by atoms with Gasteiger partial charge in [-0.25, -0.2) is 0 Å². The molecular weight excluding hydrogens is 250 g/mol. The maximum Gasteiger partial charge on any atom is 0.323 e. The summed E-state index contributed by atoms with van der Waals surface area (Å²) in [6.45, 7) is 7.61. The second kappa shape index (κ2) is 14.8. The number of carbonyl (C=O) groups excluding carboxylic acids is 1. The summed E-state index contributed by atoms with van der Waals surface area (Å²) in [5, 5.41) is 3.34. The standard InChI is InChI=1S/C17H35NO2/c1-4-7-8-9-10-11-12-13-15-18-16(14-5-2)17(19)20-6-3/h16,18H,4-15H2,1-3H3. The number of hydrogen-bond donors (Lipinski definition) is 1. The fraction of sp³-hybridized carbons (Fsp3) is 0.941. The number of ether oxygens (including phenoxy) is 1. The number of rotatable bonds is 14. The van der Waals surface area contributed by atoms with Gasteiger partial charge in [0.2, 0.25) is 0 Å². The molecule has 0 aromatic heterocycles. The number of esters is 1. The van der Waals surface area contributed by atoms with Crippen LogP contribution >= 0.6 is 0 Å². The van der Waals surface area contributed by atoms with Gasteiger partial charge in [0.15, 0.2) is 0 Å². The van der Waals surface area contributed by atoms with Crippen molar-refractivity contribution in [2.24, 2.45) is 0 Å². The van der Waals surface area contributed by atoms with Crippen LogP contribution in [0.25, 0.3) is 0 Å². The fourth-order valence-corrected chi connectivity index (χ4v) is 2.37. The predicted octanol–water partition coefficient (Wildman–Crippen LogP) is 4.45. The van der Waals surface area contributed by atoms with E-state index in [1.165, 1.54) is 44.9 Å². The molecule has 20 heavy (non-hydrogen) atoms. The SMILES string of the molecule is CCCCCCCCCCNC(CCC)C(=O)OCC. The average Bonchev–Trinajstić information content (AvgIpc) is 2.44. The van der Waals surface area contributed by atoms with E-state index in [0.29, 0.717) is 6.61 Å². The lowest BCUT2D eigenvalue weighted by molar-refractivity contribution is -0.145. The van der Waals surface area contributed by atoms with Crippen molar-refractivity contribution in [2.45, 2.75) is 91.0 Å². The van der Waals surface area contributed by atoms with Crippen LogP contribution in [0.15, 0.2) is 0 Å². The molecule has 1 unspecified atom stereocenters. The van der Waals surface area contributed by atoms with Gasteiger partial charge in [-0.2, -0.15) is 0 Å². The third-order valence-corrected chi connectivity index (χ3v) is 3.57. The third kappa shape index (κ3) is 11.3. The van der Waals surface area contributed by atoms with Gasteiger partial charge in [0.1, 0.15) is 6.04 Å². The molecule has 1 N–H and O–H groups in total. The van der Waals surface area contributed by atoms with Crippen molar-refractivity contribution in [3.05, 3.63) is 0 Å². The highest BCUT2D eigenvalue weighted by molar-refractivity contribution is 5.75. The number of unbranched alkanes of at least 4 members (excludes halogenated alkanes) is 7. The highest BCUT2D eigenvalue weighted by Gasteiger charge is 2.17. The van der Waals surface area contributed by atoms with Crippen molar-refractivity contribution in [3.8, 4) is 0 Å². The third-order valence-electron chi connectivity index (χ3n) is 3.57. The Morgan fingerprint density at radius 3 is 2.05 bits per heavy atom. The Labute approximate surface area is 125 Å². The molecule has 0 saturated heterocycles. The summed E-state index contributed by atoms with van der Waals surface area (Å²) in [6, 6.07) is -0.107. The number of carbonyl (C=O) groups is 1.